The number of aliphatic hydroxyl groups is 1. The van der Waals surface area contributed by atoms with Gasteiger partial charge in [-0.05, 0) is 37.2 Å². The molecular formula is C20H30N2O5S. The van der Waals surface area contributed by atoms with E-state index in [2.05, 4.69) is 5.32 Å². The van der Waals surface area contributed by atoms with Gasteiger partial charge >= 0.3 is 0 Å². The monoisotopic (exact) mass is 410 g/mol. The van der Waals surface area contributed by atoms with Gasteiger partial charge in [0.1, 0.15) is 5.60 Å². The fourth-order valence-electron chi connectivity index (χ4n) is 4.20. The number of hydrogen-bond donors (Lipinski definition) is 2. The molecule has 28 heavy (non-hydrogen) atoms. The van der Waals surface area contributed by atoms with Crippen molar-refractivity contribution in [2.24, 2.45) is 11.8 Å². The van der Waals surface area contributed by atoms with E-state index in [9.17, 15) is 18.3 Å². The SMILES string of the molecule is CS(=O)(=O)N1CCC(C(=O)NC[C@@](O)(c2ccccc2)C2CCOCC2)CC1. The van der Waals surface area contributed by atoms with E-state index in [4.69, 9.17) is 4.74 Å². The molecule has 2 heterocycles. The molecular weight excluding hydrogens is 380 g/mol. The van der Waals surface area contributed by atoms with Crippen molar-refractivity contribution < 1.29 is 23.1 Å². The summed E-state index contributed by atoms with van der Waals surface area (Å²) in [4.78, 5) is 12.7. The first kappa shape index (κ1) is 21.2. The molecule has 0 bridgehead atoms. The smallest absolute Gasteiger partial charge is 0.223 e. The third-order valence-corrected chi connectivity index (χ3v) is 7.30. The summed E-state index contributed by atoms with van der Waals surface area (Å²) in [6, 6.07) is 9.48. The number of rotatable bonds is 6. The zero-order valence-corrected chi connectivity index (χ0v) is 17.2. The molecule has 1 amide bonds. The number of benzene rings is 1. The number of carbonyl (C=O) groups excluding carboxylic acids is 1. The molecule has 0 aliphatic carbocycles. The molecule has 7 nitrogen and oxygen atoms in total. The van der Waals surface area contributed by atoms with Crippen molar-refractivity contribution in [3.63, 3.8) is 0 Å². The lowest BCUT2D eigenvalue weighted by atomic mass is 9.77. The molecule has 0 saturated carbocycles. The Kier molecular flexibility index (Phi) is 6.75. The third kappa shape index (κ3) is 4.92. The van der Waals surface area contributed by atoms with E-state index in [1.165, 1.54) is 10.6 Å². The quantitative estimate of drug-likeness (QED) is 0.732. The number of amides is 1. The van der Waals surface area contributed by atoms with E-state index >= 15 is 0 Å². The molecule has 0 aromatic heterocycles. The topological polar surface area (TPSA) is 95.9 Å². The molecule has 2 N–H and O–H groups in total. The number of carbonyl (C=O) groups is 1. The van der Waals surface area contributed by atoms with E-state index in [0.717, 1.165) is 18.4 Å². The molecule has 1 aromatic rings. The first-order chi connectivity index (χ1) is 13.3. The van der Waals surface area contributed by atoms with Gasteiger partial charge in [0.05, 0.1) is 12.8 Å². The molecule has 2 aliphatic heterocycles. The zero-order chi connectivity index (χ0) is 20.2. The van der Waals surface area contributed by atoms with Crippen molar-refractivity contribution in [1.82, 2.24) is 9.62 Å². The van der Waals surface area contributed by atoms with Gasteiger partial charge in [0.25, 0.3) is 0 Å². The first-order valence-corrected chi connectivity index (χ1v) is 11.7. The average Bonchev–Trinajstić information content (AvgIpc) is 2.72. The van der Waals surface area contributed by atoms with E-state index in [0.29, 0.717) is 39.1 Å². The molecule has 3 rings (SSSR count). The van der Waals surface area contributed by atoms with Crippen LogP contribution in [0.15, 0.2) is 30.3 Å². The van der Waals surface area contributed by atoms with Gasteiger partial charge in [0.2, 0.25) is 15.9 Å². The lowest BCUT2D eigenvalue weighted by Gasteiger charge is -2.39. The molecule has 0 unspecified atom stereocenters. The zero-order valence-electron chi connectivity index (χ0n) is 16.3. The van der Waals surface area contributed by atoms with Crippen LogP contribution in [0, 0.1) is 11.8 Å². The predicted octanol–water partition coefficient (Wildman–Crippen LogP) is 1.09. The Bertz CT molecular complexity index is 756. The van der Waals surface area contributed by atoms with Crippen molar-refractivity contribution in [2.45, 2.75) is 31.3 Å². The van der Waals surface area contributed by atoms with E-state index in [1.54, 1.807) is 0 Å². The lowest BCUT2D eigenvalue weighted by molar-refractivity contribution is -0.129. The number of sulfonamides is 1. The number of nitrogens with zero attached hydrogens (tertiary/aromatic N) is 1. The van der Waals surface area contributed by atoms with Gasteiger partial charge in [-0.25, -0.2) is 12.7 Å². The molecule has 2 saturated heterocycles. The second kappa shape index (κ2) is 8.90. The lowest BCUT2D eigenvalue weighted by Crippen LogP contribution is -2.50. The van der Waals surface area contributed by atoms with E-state index in [1.807, 2.05) is 30.3 Å². The van der Waals surface area contributed by atoms with Crippen molar-refractivity contribution in [2.75, 3.05) is 39.1 Å². The minimum atomic E-state index is -3.21. The van der Waals surface area contributed by atoms with Crippen LogP contribution in [0.1, 0.15) is 31.2 Å². The predicted molar refractivity (Wildman–Crippen MR) is 106 cm³/mol. The molecule has 0 spiro atoms. The highest BCUT2D eigenvalue weighted by atomic mass is 32.2. The highest BCUT2D eigenvalue weighted by molar-refractivity contribution is 7.88. The molecule has 156 valence electrons. The van der Waals surface area contributed by atoms with Crippen molar-refractivity contribution in [3.8, 4) is 0 Å². The van der Waals surface area contributed by atoms with Crippen LogP contribution in [0.5, 0.6) is 0 Å². The number of hydrogen-bond acceptors (Lipinski definition) is 5. The number of ether oxygens (including phenoxy) is 1. The largest absolute Gasteiger partial charge is 0.383 e. The van der Waals surface area contributed by atoms with E-state index in [-0.39, 0.29) is 24.3 Å². The van der Waals surface area contributed by atoms with Crippen LogP contribution in [0.4, 0.5) is 0 Å². The Labute approximate surface area is 167 Å². The maximum atomic E-state index is 12.7. The van der Waals surface area contributed by atoms with Gasteiger partial charge in [0, 0.05) is 32.2 Å². The van der Waals surface area contributed by atoms with Crippen LogP contribution in [0.25, 0.3) is 0 Å². The molecule has 1 atom stereocenters. The summed E-state index contributed by atoms with van der Waals surface area (Å²) in [5, 5.41) is 14.5. The Hall–Kier alpha value is -1.48. The molecule has 8 heteroatoms. The highest BCUT2D eigenvalue weighted by Gasteiger charge is 2.40. The molecule has 2 fully saturated rings. The molecule has 2 aliphatic rings. The maximum Gasteiger partial charge on any atom is 0.223 e. The van der Waals surface area contributed by atoms with Crippen molar-refractivity contribution in [3.05, 3.63) is 35.9 Å². The van der Waals surface area contributed by atoms with Crippen LogP contribution in [0.2, 0.25) is 0 Å². The highest BCUT2D eigenvalue weighted by Crippen LogP contribution is 2.36. The van der Waals surface area contributed by atoms with Gasteiger partial charge in [-0.1, -0.05) is 30.3 Å². The van der Waals surface area contributed by atoms with Crippen LogP contribution in [0.3, 0.4) is 0 Å². The minimum Gasteiger partial charge on any atom is -0.383 e. The standard InChI is InChI=1S/C20H30N2O5S/c1-28(25,26)22-11-7-16(8-12-22)19(23)21-15-20(24,17-5-3-2-4-6-17)18-9-13-27-14-10-18/h2-6,16,18,24H,7-15H2,1H3,(H,21,23)/t20-/m1/s1. The molecule has 0 radical (unpaired) electrons. The second-order valence-corrected chi connectivity index (χ2v) is 9.81. The van der Waals surface area contributed by atoms with Gasteiger partial charge in [-0.2, -0.15) is 0 Å². The summed E-state index contributed by atoms with van der Waals surface area (Å²) in [6.45, 7) is 2.09. The normalized spacial score (nSPS) is 22.5. The summed E-state index contributed by atoms with van der Waals surface area (Å²) < 4.78 is 30.1. The van der Waals surface area contributed by atoms with E-state index < -0.39 is 15.6 Å². The van der Waals surface area contributed by atoms with Crippen LogP contribution in [-0.2, 0) is 25.2 Å². The van der Waals surface area contributed by atoms with Crippen LogP contribution >= 0.6 is 0 Å². The minimum absolute atomic E-state index is 0.0102. The Morgan fingerprint density at radius 3 is 2.36 bits per heavy atom. The Morgan fingerprint density at radius 1 is 1.18 bits per heavy atom. The van der Waals surface area contributed by atoms with Crippen LogP contribution < -0.4 is 5.32 Å². The van der Waals surface area contributed by atoms with Crippen LogP contribution in [-0.4, -0.2) is 62.8 Å². The summed E-state index contributed by atoms with van der Waals surface area (Å²) in [5.74, 6) is -0.335. The third-order valence-electron chi connectivity index (χ3n) is 6.00. The maximum absolute atomic E-state index is 12.7. The summed E-state index contributed by atoms with van der Waals surface area (Å²) in [5.41, 5.74) is -0.345. The fraction of sp³-hybridized carbons (Fsp3) is 0.650. The summed E-state index contributed by atoms with van der Waals surface area (Å²) in [6.07, 6.45) is 3.68. The summed E-state index contributed by atoms with van der Waals surface area (Å²) in [7, 11) is -3.21. The second-order valence-electron chi connectivity index (χ2n) is 7.83. The van der Waals surface area contributed by atoms with Crippen molar-refractivity contribution >= 4 is 15.9 Å². The van der Waals surface area contributed by atoms with Gasteiger partial charge in [0.15, 0.2) is 0 Å². The first-order valence-electron chi connectivity index (χ1n) is 9.89. The number of piperidine rings is 1. The Balaban J connectivity index is 1.64. The number of nitrogens with one attached hydrogen (secondary N) is 1. The van der Waals surface area contributed by atoms with Gasteiger partial charge in [-0.15, -0.1) is 0 Å². The van der Waals surface area contributed by atoms with Crippen molar-refractivity contribution in [1.29, 1.82) is 0 Å². The van der Waals surface area contributed by atoms with Gasteiger partial charge in [-0.3, -0.25) is 4.79 Å². The fourth-order valence-corrected chi connectivity index (χ4v) is 5.07. The summed E-state index contributed by atoms with van der Waals surface area (Å²) >= 11 is 0. The average molecular weight is 411 g/mol. The molecule has 1 aromatic carbocycles. The van der Waals surface area contributed by atoms with Gasteiger partial charge < -0.3 is 15.2 Å². The Morgan fingerprint density at radius 2 is 1.79 bits per heavy atom.